The summed E-state index contributed by atoms with van der Waals surface area (Å²) < 4.78 is 6.31. The standard InChI is InChI=1S/C34H32N4O/c1-2-3-4-5-6-9-18-39-34-11-8-7-10-31(34)32-22-30-21-28-15-14-26(36-28)19-24-12-13-25(35-24)20-27-16-17-29(37-27)23-33(32)38-30/h7-8,10-17,19-23H,2-6,9,18H2,1H3. The van der Waals surface area contributed by atoms with Gasteiger partial charge in [-0.3, -0.25) is 0 Å². The molecule has 5 heterocycles. The normalized spacial score (nSPS) is 18.6. The van der Waals surface area contributed by atoms with Gasteiger partial charge in [0.25, 0.3) is 0 Å². The molecule has 194 valence electrons. The fraction of sp³-hybridized carbons (Fsp3) is 0.235. The second-order valence-corrected chi connectivity index (χ2v) is 10.1. The highest BCUT2D eigenvalue weighted by Gasteiger charge is 2.20. The Balaban J connectivity index is 1.31. The van der Waals surface area contributed by atoms with Gasteiger partial charge in [-0.05, 0) is 79.3 Å². The quantitative estimate of drug-likeness (QED) is 0.311. The van der Waals surface area contributed by atoms with Gasteiger partial charge in [-0.15, -0.1) is 0 Å². The van der Waals surface area contributed by atoms with E-state index < -0.39 is 0 Å². The van der Waals surface area contributed by atoms with Gasteiger partial charge in [0.1, 0.15) is 5.75 Å². The van der Waals surface area contributed by atoms with Crippen molar-refractivity contribution in [3.63, 3.8) is 0 Å². The molecule has 0 aromatic heterocycles. The first-order valence-corrected chi connectivity index (χ1v) is 13.9. The Hall–Kier alpha value is -4.38. The maximum atomic E-state index is 6.31. The van der Waals surface area contributed by atoms with Crippen LogP contribution in [0.25, 0.3) is 5.57 Å². The predicted octanol–water partition coefficient (Wildman–Crippen LogP) is 7.85. The van der Waals surface area contributed by atoms with Crippen LogP contribution < -0.4 is 4.74 Å². The maximum Gasteiger partial charge on any atom is 0.127 e. The molecule has 5 aliphatic rings. The number of unbranched alkanes of at least 4 members (excludes halogenated alkanes) is 5. The molecule has 5 aliphatic heterocycles. The van der Waals surface area contributed by atoms with E-state index in [4.69, 9.17) is 24.7 Å². The highest BCUT2D eigenvalue weighted by atomic mass is 16.5. The van der Waals surface area contributed by atoms with Crippen LogP contribution in [0.3, 0.4) is 0 Å². The van der Waals surface area contributed by atoms with Crippen molar-refractivity contribution in [2.24, 2.45) is 20.0 Å². The number of benzene rings is 1. The molecule has 0 spiro atoms. The summed E-state index contributed by atoms with van der Waals surface area (Å²) in [5.41, 5.74) is 9.00. The second-order valence-electron chi connectivity index (χ2n) is 10.1. The van der Waals surface area contributed by atoms with Gasteiger partial charge in [0.2, 0.25) is 0 Å². The number of ether oxygens (including phenoxy) is 1. The van der Waals surface area contributed by atoms with Gasteiger partial charge in [-0.1, -0.05) is 57.2 Å². The van der Waals surface area contributed by atoms with E-state index in [0.717, 1.165) is 68.9 Å². The lowest BCUT2D eigenvalue weighted by molar-refractivity contribution is 0.303. The Morgan fingerprint density at radius 3 is 1.85 bits per heavy atom. The number of rotatable bonds is 9. The number of para-hydroxylation sites is 1. The molecular formula is C34H32N4O. The molecule has 6 rings (SSSR count). The van der Waals surface area contributed by atoms with Crippen LogP contribution in [-0.2, 0) is 0 Å². The van der Waals surface area contributed by atoms with Gasteiger partial charge in [-0.25, -0.2) is 20.0 Å². The highest BCUT2D eigenvalue weighted by molar-refractivity contribution is 6.19. The number of hydrogen-bond acceptors (Lipinski definition) is 5. The Kier molecular flexibility index (Phi) is 7.39. The third-order valence-electron chi connectivity index (χ3n) is 6.97. The van der Waals surface area contributed by atoms with Crippen molar-refractivity contribution in [2.75, 3.05) is 6.61 Å². The minimum atomic E-state index is 0.715. The zero-order valence-corrected chi connectivity index (χ0v) is 22.3. The molecule has 0 radical (unpaired) electrons. The van der Waals surface area contributed by atoms with Crippen LogP contribution in [0.5, 0.6) is 5.75 Å². The van der Waals surface area contributed by atoms with Gasteiger partial charge < -0.3 is 4.74 Å². The van der Waals surface area contributed by atoms with E-state index >= 15 is 0 Å². The van der Waals surface area contributed by atoms with Crippen LogP contribution in [0.2, 0.25) is 0 Å². The number of allylic oxidation sites excluding steroid dienone is 12. The Bertz CT molecular complexity index is 1550. The Labute approximate surface area is 230 Å². The van der Waals surface area contributed by atoms with Gasteiger partial charge in [0.05, 0.1) is 52.2 Å². The first-order valence-electron chi connectivity index (χ1n) is 13.9. The highest BCUT2D eigenvalue weighted by Crippen LogP contribution is 2.36. The lowest BCUT2D eigenvalue weighted by atomic mass is 10.0. The summed E-state index contributed by atoms with van der Waals surface area (Å²) in [5.74, 6) is 0.885. The van der Waals surface area contributed by atoms with Crippen molar-refractivity contribution < 1.29 is 4.74 Å². The molecule has 0 saturated heterocycles. The van der Waals surface area contributed by atoms with Gasteiger partial charge in [0, 0.05) is 11.1 Å². The van der Waals surface area contributed by atoms with Crippen LogP contribution in [0.1, 0.15) is 51.0 Å². The molecule has 5 heteroatoms. The van der Waals surface area contributed by atoms with Gasteiger partial charge >= 0.3 is 0 Å². The van der Waals surface area contributed by atoms with Gasteiger partial charge in [-0.2, -0.15) is 0 Å². The van der Waals surface area contributed by atoms with Crippen molar-refractivity contribution in [3.8, 4) is 5.75 Å². The van der Waals surface area contributed by atoms with Crippen LogP contribution in [0.15, 0.2) is 134 Å². The van der Waals surface area contributed by atoms with E-state index in [1.54, 1.807) is 0 Å². The monoisotopic (exact) mass is 512 g/mol. The molecular weight excluding hydrogens is 480 g/mol. The Morgan fingerprint density at radius 2 is 1.15 bits per heavy atom. The number of aliphatic imine (C=N–C) groups is 4. The summed E-state index contributed by atoms with van der Waals surface area (Å²) in [6.07, 6.45) is 29.7. The molecule has 5 nitrogen and oxygen atoms in total. The SMILES string of the molecule is CCCCCCCCOc1ccccc1C1=CC2=NC1=CC1=NC(=CC3=NC(=CC4=NC(=C2)C=C4)C=C3)C=C1. The van der Waals surface area contributed by atoms with E-state index in [9.17, 15) is 0 Å². The summed E-state index contributed by atoms with van der Waals surface area (Å²) in [5, 5.41) is 0. The van der Waals surface area contributed by atoms with E-state index in [1.165, 1.54) is 32.1 Å². The van der Waals surface area contributed by atoms with Crippen molar-refractivity contribution in [1.82, 2.24) is 0 Å². The number of fused-ring (bicyclic) bond motifs is 4. The molecule has 1 aromatic carbocycles. The van der Waals surface area contributed by atoms with Crippen LogP contribution in [-0.4, -0.2) is 29.5 Å². The lowest BCUT2D eigenvalue weighted by Crippen LogP contribution is -2.01. The minimum Gasteiger partial charge on any atom is -0.493 e. The molecule has 0 fully saturated rings. The summed E-state index contributed by atoms with van der Waals surface area (Å²) in [7, 11) is 0. The third-order valence-corrected chi connectivity index (χ3v) is 6.97. The first-order chi connectivity index (χ1) is 19.2. The van der Waals surface area contributed by atoms with Crippen molar-refractivity contribution >= 4 is 28.4 Å². The van der Waals surface area contributed by atoms with Crippen molar-refractivity contribution in [3.05, 3.63) is 119 Å². The molecule has 0 aliphatic carbocycles. The largest absolute Gasteiger partial charge is 0.493 e. The average Bonchev–Trinajstić information content (AvgIpc) is 3.74. The average molecular weight is 513 g/mol. The number of hydrogen-bond donors (Lipinski definition) is 0. The van der Waals surface area contributed by atoms with E-state index in [1.807, 2.05) is 66.8 Å². The third kappa shape index (κ3) is 6.04. The maximum absolute atomic E-state index is 6.31. The van der Waals surface area contributed by atoms with Crippen molar-refractivity contribution in [2.45, 2.75) is 45.4 Å². The Morgan fingerprint density at radius 1 is 0.564 bits per heavy atom. The minimum absolute atomic E-state index is 0.715. The lowest BCUT2D eigenvalue weighted by Gasteiger charge is -2.13. The molecule has 0 atom stereocenters. The molecule has 39 heavy (non-hydrogen) atoms. The van der Waals surface area contributed by atoms with E-state index in [0.29, 0.717) is 6.61 Å². The van der Waals surface area contributed by atoms with Crippen molar-refractivity contribution in [1.29, 1.82) is 0 Å². The molecule has 0 amide bonds. The fourth-order valence-corrected chi connectivity index (χ4v) is 4.99. The van der Waals surface area contributed by atoms with Crippen LogP contribution in [0, 0.1) is 0 Å². The first kappa shape index (κ1) is 24.9. The molecule has 0 unspecified atom stereocenters. The summed E-state index contributed by atoms with van der Waals surface area (Å²) in [6.45, 7) is 2.96. The topological polar surface area (TPSA) is 58.7 Å². The second kappa shape index (κ2) is 11.6. The molecule has 8 bridgehead atoms. The molecule has 0 N–H and O–H groups in total. The predicted molar refractivity (Wildman–Crippen MR) is 163 cm³/mol. The van der Waals surface area contributed by atoms with Crippen LogP contribution in [0.4, 0.5) is 0 Å². The van der Waals surface area contributed by atoms with Crippen LogP contribution >= 0.6 is 0 Å². The summed E-state index contributed by atoms with van der Waals surface area (Å²) in [4.78, 5) is 19.3. The fourth-order valence-electron chi connectivity index (χ4n) is 4.99. The van der Waals surface area contributed by atoms with Gasteiger partial charge in [0.15, 0.2) is 0 Å². The molecule has 0 saturated carbocycles. The summed E-state index contributed by atoms with van der Waals surface area (Å²) >= 11 is 0. The van der Waals surface area contributed by atoms with E-state index in [2.05, 4.69) is 31.2 Å². The van der Waals surface area contributed by atoms with E-state index in [-0.39, 0.29) is 0 Å². The zero-order valence-electron chi connectivity index (χ0n) is 22.3. The zero-order chi connectivity index (χ0) is 26.4. The molecule has 1 aromatic rings. The number of nitrogens with zero attached hydrogens (tertiary/aromatic N) is 4. The smallest absolute Gasteiger partial charge is 0.127 e. The summed E-state index contributed by atoms with van der Waals surface area (Å²) in [6, 6.07) is 8.25.